The summed E-state index contributed by atoms with van der Waals surface area (Å²) in [5.41, 5.74) is 0. The minimum Gasteiger partial charge on any atom is -0.299 e. The Bertz CT molecular complexity index is 158. The maximum absolute atomic E-state index is 11.0. The lowest BCUT2D eigenvalue weighted by Gasteiger charge is -2.03. The first-order valence-corrected chi connectivity index (χ1v) is 7.22. The summed E-state index contributed by atoms with van der Waals surface area (Å²) in [6.45, 7) is 0. The van der Waals surface area contributed by atoms with E-state index in [4.69, 9.17) is 0 Å². The Hall–Kier alpha value is 1.53. The number of halogens is 3. The zero-order valence-electron chi connectivity index (χ0n) is 5.65. The fourth-order valence-electron chi connectivity index (χ4n) is 0.452. The van der Waals surface area contributed by atoms with Gasteiger partial charge in [-0.2, -0.15) is 0 Å². The van der Waals surface area contributed by atoms with Gasteiger partial charge in [-0.15, -0.1) is 0 Å². The van der Waals surface area contributed by atoms with Crippen LogP contribution in [0.3, 0.4) is 0 Å². The second-order valence-corrected chi connectivity index (χ2v) is 4.97. The summed E-state index contributed by atoms with van der Waals surface area (Å²) >= 11 is 6.06. The van der Waals surface area contributed by atoms with Crippen molar-refractivity contribution in [3.63, 3.8) is 0 Å². The largest absolute Gasteiger partial charge is 0.299 e. The maximum Gasteiger partial charge on any atom is 0.155 e. The van der Waals surface area contributed by atoms with Gasteiger partial charge < -0.3 is 0 Å². The first-order valence-electron chi connectivity index (χ1n) is 2.92. The van der Waals surface area contributed by atoms with E-state index in [-0.39, 0.29) is 15.5 Å². The Morgan fingerprint density at radius 1 is 1.18 bits per heavy atom. The Morgan fingerprint density at radius 2 is 1.73 bits per heavy atom. The van der Waals surface area contributed by atoms with Crippen LogP contribution in [0.1, 0.15) is 6.42 Å². The molecule has 0 saturated carbocycles. The van der Waals surface area contributed by atoms with Crippen molar-refractivity contribution in [1.82, 2.24) is 0 Å². The van der Waals surface area contributed by atoms with E-state index in [1.807, 2.05) is 67.8 Å². The van der Waals surface area contributed by atoms with Crippen molar-refractivity contribution >= 4 is 79.3 Å². The van der Waals surface area contributed by atoms with Gasteiger partial charge in [0.25, 0.3) is 0 Å². The highest BCUT2D eigenvalue weighted by Gasteiger charge is 2.16. The number of carbonyl (C=O) groups is 2. The van der Waals surface area contributed by atoms with Crippen LogP contribution in [-0.2, 0) is 9.59 Å². The number of Topliss-reactive ketones (excluding diaryl/α,β-unsaturated/α-hetero) is 2. The SMILES string of the molecule is O=C(CI)CC(I)C(=O)CI. The Morgan fingerprint density at radius 3 is 2.09 bits per heavy atom. The molecule has 2 nitrogen and oxygen atoms in total. The third kappa shape index (κ3) is 5.72. The molecule has 0 saturated heterocycles. The van der Waals surface area contributed by atoms with Crippen LogP contribution < -0.4 is 0 Å². The third-order valence-electron chi connectivity index (χ3n) is 1.04. The zero-order chi connectivity index (χ0) is 8.85. The van der Waals surface area contributed by atoms with E-state index in [1.54, 1.807) is 0 Å². The highest BCUT2D eigenvalue weighted by atomic mass is 127. The fraction of sp³-hybridized carbons (Fsp3) is 0.667. The van der Waals surface area contributed by atoms with Crippen molar-refractivity contribution in [2.45, 2.75) is 10.3 Å². The normalized spacial score (nSPS) is 12.6. The van der Waals surface area contributed by atoms with Crippen LogP contribution >= 0.6 is 67.8 Å². The van der Waals surface area contributed by atoms with Gasteiger partial charge in [0.05, 0.1) is 12.8 Å². The van der Waals surface area contributed by atoms with Crippen molar-refractivity contribution in [1.29, 1.82) is 0 Å². The number of ketones is 2. The minimum atomic E-state index is -0.119. The smallest absolute Gasteiger partial charge is 0.155 e. The first kappa shape index (κ1) is 12.5. The van der Waals surface area contributed by atoms with Gasteiger partial charge >= 0.3 is 0 Å². The van der Waals surface area contributed by atoms with Gasteiger partial charge in [0.15, 0.2) is 5.78 Å². The van der Waals surface area contributed by atoms with Gasteiger partial charge in [-0.25, -0.2) is 0 Å². The van der Waals surface area contributed by atoms with Crippen LogP contribution in [0.4, 0.5) is 0 Å². The van der Waals surface area contributed by atoms with Gasteiger partial charge in [0.1, 0.15) is 5.78 Å². The monoisotopic (exact) mass is 492 g/mol. The van der Waals surface area contributed by atoms with Gasteiger partial charge in [0, 0.05) is 6.42 Å². The molecule has 0 bridgehead atoms. The van der Waals surface area contributed by atoms with E-state index in [0.29, 0.717) is 15.3 Å². The molecular weight excluding hydrogens is 485 g/mol. The van der Waals surface area contributed by atoms with Crippen LogP contribution in [0.15, 0.2) is 0 Å². The highest BCUT2D eigenvalue weighted by molar-refractivity contribution is 14.1. The lowest BCUT2D eigenvalue weighted by atomic mass is 10.2. The molecular formula is C6H7I3O2. The van der Waals surface area contributed by atoms with Crippen LogP contribution in [0, 0.1) is 0 Å². The standard InChI is InChI=1S/C6H7I3O2/c7-2-4(10)1-5(9)6(11)3-8/h5H,1-3H2. The second kappa shape index (κ2) is 6.98. The zero-order valence-corrected chi connectivity index (χ0v) is 12.1. The molecule has 0 fully saturated rings. The predicted molar refractivity (Wildman–Crippen MR) is 70.2 cm³/mol. The third-order valence-corrected chi connectivity index (χ3v) is 3.77. The van der Waals surface area contributed by atoms with Crippen LogP contribution in [0.2, 0.25) is 0 Å². The van der Waals surface area contributed by atoms with Crippen LogP contribution in [0.25, 0.3) is 0 Å². The molecule has 5 heteroatoms. The van der Waals surface area contributed by atoms with Gasteiger partial charge in [-0.1, -0.05) is 67.8 Å². The molecule has 0 aromatic heterocycles. The first-order chi connectivity index (χ1) is 5.11. The van der Waals surface area contributed by atoms with E-state index in [9.17, 15) is 9.59 Å². The fourth-order valence-corrected chi connectivity index (χ4v) is 2.85. The molecule has 0 aliphatic heterocycles. The van der Waals surface area contributed by atoms with Gasteiger partial charge in [-0.05, 0) is 0 Å². The average Bonchev–Trinajstić information content (AvgIpc) is 2.02. The van der Waals surface area contributed by atoms with Crippen LogP contribution in [-0.4, -0.2) is 24.3 Å². The molecule has 0 radical (unpaired) electrons. The molecule has 0 amide bonds. The van der Waals surface area contributed by atoms with E-state index in [2.05, 4.69) is 0 Å². The summed E-state index contributed by atoms with van der Waals surface area (Å²) in [7, 11) is 0. The van der Waals surface area contributed by atoms with Crippen molar-refractivity contribution in [3.8, 4) is 0 Å². The molecule has 0 spiro atoms. The number of alkyl halides is 3. The highest BCUT2D eigenvalue weighted by Crippen LogP contribution is 2.10. The maximum atomic E-state index is 11.0. The van der Waals surface area contributed by atoms with Gasteiger partial charge in [-0.3, -0.25) is 9.59 Å². The Kier molecular flexibility index (Phi) is 7.96. The van der Waals surface area contributed by atoms with E-state index < -0.39 is 0 Å². The quantitative estimate of drug-likeness (QED) is 0.436. The summed E-state index contributed by atoms with van der Waals surface area (Å²) in [5, 5.41) is 0. The number of carbonyl (C=O) groups excluding carboxylic acids is 2. The lowest BCUT2D eigenvalue weighted by Crippen LogP contribution is -2.19. The minimum absolute atomic E-state index is 0.119. The average molecular weight is 492 g/mol. The molecule has 0 aliphatic carbocycles. The van der Waals surface area contributed by atoms with E-state index in [1.165, 1.54) is 0 Å². The van der Waals surface area contributed by atoms with Gasteiger partial charge in [0.2, 0.25) is 0 Å². The number of hydrogen-bond acceptors (Lipinski definition) is 2. The van der Waals surface area contributed by atoms with E-state index in [0.717, 1.165) is 0 Å². The number of hydrogen-bond donors (Lipinski definition) is 0. The topological polar surface area (TPSA) is 34.1 Å². The van der Waals surface area contributed by atoms with E-state index >= 15 is 0 Å². The summed E-state index contributed by atoms with van der Waals surface area (Å²) in [4.78, 5) is 21.9. The summed E-state index contributed by atoms with van der Waals surface area (Å²) in [6, 6.07) is 0. The Labute approximate surface area is 107 Å². The second-order valence-electron chi connectivity index (χ2n) is 1.94. The molecule has 0 rings (SSSR count). The molecule has 0 N–H and O–H groups in total. The molecule has 0 aliphatic rings. The summed E-state index contributed by atoms with van der Waals surface area (Å²) in [5.74, 6) is 0.313. The molecule has 1 unspecified atom stereocenters. The van der Waals surface area contributed by atoms with Crippen LogP contribution in [0.5, 0.6) is 0 Å². The van der Waals surface area contributed by atoms with Crippen molar-refractivity contribution in [3.05, 3.63) is 0 Å². The molecule has 0 heterocycles. The molecule has 0 aromatic rings. The lowest BCUT2D eigenvalue weighted by molar-refractivity contribution is -0.120. The summed E-state index contributed by atoms with van der Waals surface area (Å²) < 4.78 is 0.887. The molecule has 1 atom stereocenters. The molecule has 0 aromatic carbocycles. The van der Waals surface area contributed by atoms with Crippen molar-refractivity contribution in [2.75, 3.05) is 8.86 Å². The molecule has 64 valence electrons. The number of rotatable bonds is 5. The molecule has 11 heavy (non-hydrogen) atoms. The van der Waals surface area contributed by atoms with Crippen molar-refractivity contribution in [2.24, 2.45) is 0 Å². The van der Waals surface area contributed by atoms with Crippen molar-refractivity contribution < 1.29 is 9.59 Å². The predicted octanol–water partition coefficient (Wildman–Crippen LogP) is 2.19. The summed E-state index contributed by atoms with van der Waals surface area (Å²) in [6.07, 6.45) is 0.394. The Balaban J connectivity index is 3.77.